The topological polar surface area (TPSA) is 118 Å². The van der Waals surface area contributed by atoms with Crippen LogP contribution in [0, 0.1) is 5.92 Å². The maximum atomic E-state index is 11.5. The fourth-order valence-corrected chi connectivity index (χ4v) is 3.61. The van der Waals surface area contributed by atoms with Crippen LogP contribution in [0.25, 0.3) is 11.2 Å². The zero-order valence-corrected chi connectivity index (χ0v) is 12.6. The molecule has 2 aliphatic rings. The largest absolute Gasteiger partial charge is 0.368 e. The average molecular weight is 313 g/mol. The number of hydrogen-bond donors (Lipinski definition) is 4. The van der Waals surface area contributed by atoms with Gasteiger partial charge < -0.3 is 11.1 Å². The van der Waals surface area contributed by atoms with Crippen LogP contribution < -0.4 is 21.9 Å². The van der Waals surface area contributed by atoms with Crippen molar-refractivity contribution in [2.75, 3.05) is 5.32 Å². The van der Waals surface area contributed by atoms with Crippen LogP contribution in [0.5, 0.6) is 0 Å². The fourth-order valence-electron chi connectivity index (χ4n) is 3.61. The van der Waals surface area contributed by atoms with Crippen molar-refractivity contribution in [3.63, 3.8) is 0 Å². The Labute approximate surface area is 133 Å². The normalized spacial score (nSPS) is 30.1. The van der Waals surface area contributed by atoms with E-state index in [2.05, 4.69) is 31.1 Å². The van der Waals surface area contributed by atoms with Crippen molar-refractivity contribution in [1.29, 1.82) is 0 Å². The smallest absolute Gasteiger partial charge is 0.236 e. The van der Waals surface area contributed by atoms with Gasteiger partial charge in [-0.2, -0.15) is 0 Å². The molecule has 1 amide bonds. The van der Waals surface area contributed by atoms with Crippen LogP contribution in [0.2, 0.25) is 0 Å². The highest BCUT2D eigenvalue weighted by Crippen LogP contribution is 2.31. The highest BCUT2D eigenvalue weighted by atomic mass is 16.1. The van der Waals surface area contributed by atoms with Crippen molar-refractivity contribution in [2.24, 2.45) is 11.7 Å². The van der Waals surface area contributed by atoms with Crippen molar-refractivity contribution in [3.05, 3.63) is 24.5 Å². The summed E-state index contributed by atoms with van der Waals surface area (Å²) in [5.74, 6) is 0.694. The Bertz CT molecular complexity index is 737. The molecule has 2 fully saturated rings. The third-order valence-corrected chi connectivity index (χ3v) is 4.74. The number of aromatic nitrogens is 3. The summed E-state index contributed by atoms with van der Waals surface area (Å²) in [5, 5.41) is 3.46. The zero-order valence-electron chi connectivity index (χ0n) is 12.6. The lowest BCUT2D eigenvalue weighted by Gasteiger charge is -2.33. The molecule has 4 atom stereocenters. The number of carbonyl (C=O) groups excluding carboxylic acids is 1. The molecule has 0 radical (unpaired) electrons. The van der Waals surface area contributed by atoms with E-state index < -0.39 is 0 Å². The maximum Gasteiger partial charge on any atom is 0.236 e. The lowest BCUT2D eigenvalue weighted by Crippen LogP contribution is -2.44. The van der Waals surface area contributed by atoms with Gasteiger partial charge in [-0.3, -0.25) is 15.2 Å². The molecule has 1 aliphatic carbocycles. The number of primary amides is 1. The Balaban J connectivity index is 1.49. The quantitative estimate of drug-likeness (QED) is 0.627. The average Bonchev–Trinajstić information content (AvgIpc) is 2.98. The minimum Gasteiger partial charge on any atom is -0.368 e. The highest BCUT2D eigenvalue weighted by molar-refractivity contribution is 5.80. The van der Waals surface area contributed by atoms with Crippen LogP contribution in [0.4, 0.5) is 5.82 Å². The van der Waals surface area contributed by atoms with Gasteiger partial charge in [-0.05, 0) is 31.4 Å². The minimum absolute atomic E-state index is 0.207. The van der Waals surface area contributed by atoms with Gasteiger partial charge in [0, 0.05) is 30.4 Å². The molecule has 120 valence electrons. The molecule has 3 heterocycles. The van der Waals surface area contributed by atoms with Crippen LogP contribution >= 0.6 is 0 Å². The third kappa shape index (κ3) is 2.71. The van der Waals surface area contributed by atoms with Crippen molar-refractivity contribution in [2.45, 2.75) is 37.4 Å². The summed E-state index contributed by atoms with van der Waals surface area (Å²) in [6.07, 6.45) is 6.17. The lowest BCUT2D eigenvalue weighted by molar-refractivity contribution is -0.120. The summed E-state index contributed by atoms with van der Waals surface area (Å²) in [4.78, 5) is 24.5. The first kappa shape index (κ1) is 14.3. The summed E-state index contributed by atoms with van der Waals surface area (Å²) >= 11 is 0. The SMILES string of the molecule is NC(=O)C1NNC2CCC(Nc3ccc4nccnc4n3)CC21. The van der Waals surface area contributed by atoms with Crippen molar-refractivity contribution in [1.82, 2.24) is 25.8 Å². The van der Waals surface area contributed by atoms with Gasteiger partial charge in [0.25, 0.3) is 0 Å². The van der Waals surface area contributed by atoms with Crippen molar-refractivity contribution < 1.29 is 4.79 Å². The van der Waals surface area contributed by atoms with E-state index in [0.717, 1.165) is 30.6 Å². The van der Waals surface area contributed by atoms with E-state index in [1.165, 1.54) is 0 Å². The van der Waals surface area contributed by atoms with Gasteiger partial charge in [0.05, 0.1) is 0 Å². The molecule has 0 spiro atoms. The molecule has 2 aromatic rings. The first-order valence-electron chi connectivity index (χ1n) is 7.85. The standard InChI is InChI=1S/C15H19N7O/c16-14(23)13-9-7-8(1-2-10(9)21-22-13)19-12-4-3-11-15(20-12)18-6-5-17-11/h3-6,8-10,13,21-22H,1-2,7H2,(H2,16,23)(H,18,19,20). The molecule has 4 unspecified atom stereocenters. The molecule has 2 aromatic heterocycles. The molecule has 8 heteroatoms. The Kier molecular flexibility index (Phi) is 3.55. The van der Waals surface area contributed by atoms with Crippen molar-refractivity contribution in [3.8, 4) is 0 Å². The highest BCUT2D eigenvalue weighted by Gasteiger charge is 2.42. The molecule has 4 rings (SSSR count). The van der Waals surface area contributed by atoms with E-state index in [9.17, 15) is 4.79 Å². The van der Waals surface area contributed by atoms with E-state index in [1.807, 2.05) is 12.1 Å². The first-order chi connectivity index (χ1) is 11.2. The van der Waals surface area contributed by atoms with E-state index in [1.54, 1.807) is 12.4 Å². The number of carbonyl (C=O) groups is 1. The molecule has 1 aliphatic heterocycles. The van der Waals surface area contributed by atoms with Crippen LogP contribution in [-0.4, -0.2) is 39.0 Å². The van der Waals surface area contributed by atoms with Gasteiger partial charge in [0.2, 0.25) is 5.91 Å². The summed E-state index contributed by atoms with van der Waals surface area (Å²) in [7, 11) is 0. The van der Waals surface area contributed by atoms with Gasteiger partial charge in [0.15, 0.2) is 5.65 Å². The Morgan fingerprint density at radius 1 is 1.22 bits per heavy atom. The Morgan fingerprint density at radius 2 is 2.09 bits per heavy atom. The van der Waals surface area contributed by atoms with Gasteiger partial charge in [-0.1, -0.05) is 0 Å². The second-order valence-electron chi connectivity index (χ2n) is 6.19. The third-order valence-electron chi connectivity index (χ3n) is 4.74. The number of nitrogens with zero attached hydrogens (tertiary/aromatic N) is 3. The lowest BCUT2D eigenvalue weighted by atomic mass is 9.79. The number of hydrogen-bond acceptors (Lipinski definition) is 7. The summed E-state index contributed by atoms with van der Waals surface area (Å²) in [6.45, 7) is 0. The predicted molar refractivity (Wildman–Crippen MR) is 85.1 cm³/mol. The van der Waals surface area contributed by atoms with Crippen LogP contribution in [0.15, 0.2) is 24.5 Å². The van der Waals surface area contributed by atoms with Gasteiger partial charge in [0.1, 0.15) is 17.4 Å². The minimum atomic E-state index is -0.306. The first-order valence-corrected chi connectivity index (χ1v) is 7.85. The second-order valence-corrected chi connectivity index (χ2v) is 6.19. The molecule has 23 heavy (non-hydrogen) atoms. The zero-order chi connectivity index (χ0) is 15.8. The molecule has 0 aromatic carbocycles. The Hall–Kier alpha value is -2.32. The fraction of sp³-hybridized carbons (Fsp3) is 0.467. The number of fused-ring (bicyclic) bond motifs is 2. The van der Waals surface area contributed by atoms with Gasteiger partial charge in [-0.15, -0.1) is 0 Å². The number of pyridine rings is 1. The number of nitrogens with one attached hydrogen (secondary N) is 3. The number of rotatable bonds is 3. The molecular weight excluding hydrogens is 294 g/mol. The van der Waals surface area contributed by atoms with Crippen molar-refractivity contribution >= 4 is 22.9 Å². The van der Waals surface area contributed by atoms with Gasteiger partial charge >= 0.3 is 0 Å². The molecule has 8 nitrogen and oxygen atoms in total. The molecule has 1 saturated heterocycles. The van der Waals surface area contributed by atoms with Crippen LogP contribution in [0.3, 0.4) is 0 Å². The van der Waals surface area contributed by atoms with E-state index >= 15 is 0 Å². The Morgan fingerprint density at radius 3 is 2.96 bits per heavy atom. The second kappa shape index (κ2) is 5.71. The number of hydrazine groups is 1. The van der Waals surface area contributed by atoms with Gasteiger partial charge in [-0.25, -0.2) is 15.4 Å². The van der Waals surface area contributed by atoms with Crippen LogP contribution in [-0.2, 0) is 4.79 Å². The van der Waals surface area contributed by atoms with E-state index in [4.69, 9.17) is 5.73 Å². The molecular formula is C15H19N7O. The summed E-state index contributed by atoms with van der Waals surface area (Å²) < 4.78 is 0. The summed E-state index contributed by atoms with van der Waals surface area (Å²) in [5.41, 5.74) is 13.1. The van der Waals surface area contributed by atoms with Crippen LogP contribution in [0.1, 0.15) is 19.3 Å². The molecule has 0 bridgehead atoms. The monoisotopic (exact) mass is 313 g/mol. The van der Waals surface area contributed by atoms with E-state index in [0.29, 0.717) is 11.7 Å². The molecule has 5 N–H and O–H groups in total. The maximum absolute atomic E-state index is 11.5. The predicted octanol–water partition coefficient (Wildman–Crippen LogP) is -0.0643. The molecule has 1 saturated carbocycles. The number of amides is 1. The number of nitrogens with two attached hydrogens (primary N) is 1. The summed E-state index contributed by atoms with van der Waals surface area (Å²) in [6, 6.07) is 4.09. The number of anilines is 1. The van der Waals surface area contributed by atoms with E-state index in [-0.39, 0.29) is 23.9 Å².